The van der Waals surface area contributed by atoms with E-state index in [2.05, 4.69) is 17.6 Å². The molecule has 0 saturated heterocycles. The minimum Gasteiger partial charge on any atom is -0.493 e. The number of carbonyl (C=O) groups is 1. The van der Waals surface area contributed by atoms with Gasteiger partial charge in [0.1, 0.15) is 0 Å². The molecule has 5 heteroatoms. The lowest BCUT2D eigenvalue weighted by molar-refractivity contribution is 0.232. The van der Waals surface area contributed by atoms with Crippen molar-refractivity contribution in [3.63, 3.8) is 0 Å². The van der Waals surface area contributed by atoms with Crippen molar-refractivity contribution in [2.75, 3.05) is 19.5 Å². The van der Waals surface area contributed by atoms with Crippen LogP contribution in [0, 0.1) is 5.92 Å². The van der Waals surface area contributed by atoms with E-state index in [1.54, 1.807) is 32.4 Å². The smallest absolute Gasteiger partial charge is 0.319 e. The molecule has 0 aliphatic heterocycles. The Balaban J connectivity index is 1.96. The van der Waals surface area contributed by atoms with Gasteiger partial charge in [0.05, 0.1) is 14.2 Å². The van der Waals surface area contributed by atoms with Crippen molar-refractivity contribution in [3.8, 4) is 11.5 Å². The summed E-state index contributed by atoms with van der Waals surface area (Å²) in [4.78, 5) is 12.1. The highest BCUT2D eigenvalue weighted by molar-refractivity contribution is 5.89. The molecule has 1 aromatic rings. The summed E-state index contributed by atoms with van der Waals surface area (Å²) in [5.74, 6) is 1.78. The van der Waals surface area contributed by atoms with Crippen molar-refractivity contribution in [2.45, 2.75) is 38.6 Å². The van der Waals surface area contributed by atoms with E-state index in [-0.39, 0.29) is 12.1 Å². The molecule has 0 bridgehead atoms. The molecule has 0 heterocycles. The van der Waals surface area contributed by atoms with Gasteiger partial charge in [0.15, 0.2) is 11.5 Å². The summed E-state index contributed by atoms with van der Waals surface area (Å²) in [6.07, 6.45) is 4.68. The maximum atomic E-state index is 12.1. The summed E-state index contributed by atoms with van der Waals surface area (Å²) >= 11 is 0. The van der Waals surface area contributed by atoms with E-state index in [1.807, 2.05) is 0 Å². The van der Waals surface area contributed by atoms with E-state index in [0.29, 0.717) is 23.1 Å². The number of hydrogen-bond acceptors (Lipinski definition) is 3. The lowest BCUT2D eigenvalue weighted by atomic mass is 9.86. The molecule has 0 aromatic heterocycles. The van der Waals surface area contributed by atoms with Gasteiger partial charge in [0.2, 0.25) is 0 Å². The summed E-state index contributed by atoms with van der Waals surface area (Å²) in [6, 6.07) is 5.42. The average molecular weight is 292 g/mol. The Morgan fingerprint density at radius 1 is 1.14 bits per heavy atom. The molecule has 0 radical (unpaired) electrons. The Hall–Kier alpha value is -1.91. The van der Waals surface area contributed by atoms with Gasteiger partial charge in [-0.3, -0.25) is 0 Å². The van der Waals surface area contributed by atoms with Crippen LogP contribution >= 0.6 is 0 Å². The molecule has 1 aliphatic rings. The predicted octanol–water partition coefficient (Wildman–Crippen LogP) is 3.40. The minimum atomic E-state index is -0.166. The van der Waals surface area contributed by atoms with Crippen molar-refractivity contribution >= 4 is 11.7 Å². The molecule has 2 unspecified atom stereocenters. The molecule has 2 N–H and O–H groups in total. The Morgan fingerprint density at radius 2 is 1.86 bits per heavy atom. The number of benzene rings is 1. The maximum Gasteiger partial charge on any atom is 0.319 e. The van der Waals surface area contributed by atoms with E-state index < -0.39 is 0 Å². The maximum absolute atomic E-state index is 12.1. The summed E-state index contributed by atoms with van der Waals surface area (Å²) in [6.45, 7) is 2.19. The van der Waals surface area contributed by atoms with E-state index in [1.165, 1.54) is 19.3 Å². The highest BCUT2D eigenvalue weighted by atomic mass is 16.5. The Bertz CT molecular complexity index is 490. The van der Waals surface area contributed by atoms with Crippen molar-refractivity contribution in [1.29, 1.82) is 0 Å². The van der Waals surface area contributed by atoms with Gasteiger partial charge in [-0.15, -0.1) is 0 Å². The second kappa shape index (κ2) is 7.20. The van der Waals surface area contributed by atoms with Crippen LogP contribution in [0.3, 0.4) is 0 Å². The van der Waals surface area contributed by atoms with Gasteiger partial charge in [0, 0.05) is 17.8 Å². The van der Waals surface area contributed by atoms with Gasteiger partial charge < -0.3 is 20.1 Å². The first-order valence-electron chi connectivity index (χ1n) is 7.43. The van der Waals surface area contributed by atoms with Crippen LogP contribution in [0.15, 0.2) is 18.2 Å². The van der Waals surface area contributed by atoms with Gasteiger partial charge in [-0.1, -0.05) is 19.8 Å². The molecule has 5 nitrogen and oxygen atoms in total. The predicted molar refractivity (Wildman–Crippen MR) is 83.1 cm³/mol. The number of urea groups is 1. The lowest BCUT2D eigenvalue weighted by Gasteiger charge is -2.29. The standard InChI is InChI=1S/C16H24N2O3/c1-11-6-4-5-7-13(11)18-16(19)17-12-8-9-14(20-2)15(10-12)21-3/h8-11,13H,4-7H2,1-3H3,(H2,17,18,19). The van der Waals surface area contributed by atoms with Crippen LogP contribution in [0.1, 0.15) is 32.6 Å². The van der Waals surface area contributed by atoms with E-state index in [4.69, 9.17) is 9.47 Å². The molecule has 2 rings (SSSR count). The molecule has 21 heavy (non-hydrogen) atoms. The van der Waals surface area contributed by atoms with E-state index in [9.17, 15) is 4.79 Å². The zero-order chi connectivity index (χ0) is 15.2. The minimum absolute atomic E-state index is 0.166. The van der Waals surface area contributed by atoms with Crippen molar-refractivity contribution < 1.29 is 14.3 Å². The second-order valence-electron chi connectivity index (χ2n) is 5.54. The summed E-state index contributed by atoms with van der Waals surface area (Å²) < 4.78 is 10.4. The zero-order valence-corrected chi connectivity index (χ0v) is 12.9. The van der Waals surface area contributed by atoms with Crippen LogP contribution in [0.5, 0.6) is 11.5 Å². The number of carbonyl (C=O) groups excluding carboxylic acids is 1. The summed E-state index contributed by atoms with van der Waals surface area (Å²) in [5.41, 5.74) is 0.689. The first kappa shape index (κ1) is 15.5. The second-order valence-corrected chi connectivity index (χ2v) is 5.54. The number of rotatable bonds is 4. The van der Waals surface area contributed by atoms with Gasteiger partial charge in [0.25, 0.3) is 0 Å². The monoisotopic (exact) mass is 292 g/mol. The summed E-state index contributed by atoms with van der Waals surface area (Å²) in [7, 11) is 3.16. The summed E-state index contributed by atoms with van der Waals surface area (Å²) in [5, 5.41) is 5.91. The largest absolute Gasteiger partial charge is 0.493 e. The Kier molecular flexibility index (Phi) is 5.31. The van der Waals surface area contributed by atoms with Crippen LogP contribution in [0.25, 0.3) is 0 Å². The van der Waals surface area contributed by atoms with E-state index >= 15 is 0 Å². The highest BCUT2D eigenvalue weighted by Crippen LogP contribution is 2.30. The number of ether oxygens (including phenoxy) is 2. The normalized spacial score (nSPS) is 21.5. The average Bonchev–Trinajstić information content (AvgIpc) is 2.49. The third-order valence-corrected chi connectivity index (χ3v) is 4.07. The molecule has 0 spiro atoms. The van der Waals surface area contributed by atoms with Crippen LogP contribution in [-0.2, 0) is 0 Å². The molecule has 116 valence electrons. The van der Waals surface area contributed by atoms with Crippen molar-refractivity contribution in [3.05, 3.63) is 18.2 Å². The fraction of sp³-hybridized carbons (Fsp3) is 0.562. The third-order valence-electron chi connectivity index (χ3n) is 4.07. The first-order chi connectivity index (χ1) is 10.1. The van der Waals surface area contributed by atoms with Crippen molar-refractivity contribution in [2.24, 2.45) is 5.92 Å². The van der Waals surface area contributed by atoms with Gasteiger partial charge in [-0.2, -0.15) is 0 Å². The molecular weight excluding hydrogens is 268 g/mol. The third kappa shape index (κ3) is 4.03. The fourth-order valence-electron chi connectivity index (χ4n) is 2.78. The fourth-order valence-corrected chi connectivity index (χ4v) is 2.78. The lowest BCUT2D eigenvalue weighted by Crippen LogP contribution is -2.43. The number of nitrogens with one attached hydrogen (secondary N) is 2. The van der Waals surface area contributed by atoms with Crippen LogP contribution < -0.4 is 20.1 Å². The van der Waals surface area contributed by atoms with E-state index in [0.717, 1.165) is 6.42 Å². The quantitative estimate of drug-likeness (QED) is 0.894. The zero-order valence-electron chi connectivity index (χ0n) is 12.9. The topological polar surface area (TPSA) is 59.6 Å². The first-order valence-corrected chi connectivity index (χ1v) is 7.43. The molecule has 1 aromatic carbocycles. The van der Waals surface area contributed by atoms with Crippen LogP contribution in [0.2, 0.25) is 0 Å². The SMILES string of the molecule is COc1ccc(NC(=O)NC2CCCCC2C)cc1OC. The molecule has 1 aliphatic carbocycles. The molecule has 1 saturated carbocycles. The molecule has 2 atom stereocenters. The van der Waals surface area contributed by atoms with Crippen LogP contribution in [0.4, 0.5) is 10.5 Å². The van der Waals surface area contributed by atoms with Crippen LogP contribution in [-0.4, -0.2) is 26.3 Å². The van der Waals surface area contributed by atoms with Gasteiger partial charge in [-0.05, 0) is 30.9 Å². The number of methoxy groups -OCH3 is 2. The van der Waals surface area contributed by atoms with Gasteiger partial charge >= 0.3 is 6.03 Å². The Labute approximate surface area is 126 Å². The number of amides is 2. The number of anilines is 1. The molecule has 1 fully saturated rings. The van der Waals surface area contributed by atoms with Crippen molar-refractivity contribution in [1.82, 2.24) is 5.32 Å². The Morgan fingerprint density at radius 3 is 2.52 bits per heavy atom. The number of hydrogen-bond donors (Lipinski definition) is 2. The molecular formula is C16H24N2O3. The highest BCUT2D eigenvalue weighted by Gasteiger charge is 2.22. The van der Waals surface area contributed by atoms with Gasteiger partial charge in [-0.25, -0.2) is 4.79 Å². The molecule has 2 amide bonds.